The average Bonchev–Trinajstić information content (AvgIpc) is 2.56. The van der Waals surface area contributed by atoms with Crippen LogP contribution in [0, 0.1) is 10.1 Å². The summed E-state index contributed by atoms with van der Waals surface area (Å²) in [7, 11) is 0. The van der Waals surface area contributed by atoms with E-state index in [9.17, 15) is 19.7 Å². The van der Waals surface area contributed by atoms with E-state index >= 15 is 0 Å². The van der Waals surface area contributed by atoms with E-state index in [1.54, 1.807) is 12.1 Å². The summed E-state index contributed by atoms with van der Waals surface area (Å²) in [5.74, 6) is -0.479. The summed E-state index contributed by atoms with van der Waals surface area (Å²) in [4.78, 5) is 33.8. The molecule has 2 rings (SSSR count). The Balaban J connectivity index is 2.35. The fraction of sp³-hybridized carbons (Fsp3) is 0.176. The van der Waals surface area contributed by atoms with Crippen LogP contribution in [0.3, 0.4) is 0 Å². The van der Waals surface area contributed by atoms with E-state index in [1.807, 2.05) is 13.8 Å². The second-order valence-electron chi connectivity index (χ2n) is 5.29. The molecule has 0 fully saturated rings. The fourth-order valence-corrected chi connectivity index (χ4v) is 2.37. The molecule has 0 saturated heterocycles. The molecule has 0 spiro atoms. The molecule has 7 nitrogen and oxygen atoms in total. The molecule has 0 heterocycles. The molecular formula is C17H14BrNO6. The Morgan fingerprint density at radius 3 is 2.48 bits per heavy atom. The average molecular weight is 408 g/mol. The van der Waals surface area contributed by atoms with E-state index in [1.165, 1.54) is 12.1 Å². The zero-order chi connectivity index (χ0) is 18.6. The largest absolute Gasteiger partial charge is 0.490 e. The van der Waals surface area contributed by atoms with Crippen molar-refractivity contribution >= 4 is 33.9 Å². The lowest BCUT2D eigenvalue weighted by atomic mass is 10.2. The highest BCUT2D eigenvalue weighted by Crippen LogP contribution is 2.28. The van der Waals surface area contributed by atoms with Gasteiger partial charge in [-0.3, -0.25) is 14.9 Å². The third kappa shape index (κ3) is 4.63. The highest BCUT2D eigenvalue weighted by molar-refractivity contribution is 9.10. The van der Waals surface area contributed by atoms with Crippen LogP contribution in [0.1, 0.15) is 34.6 Å². The van der Waals surface area contributed by atoms with Crippen molar-refractivity contribution < 1.29 is 24.0 Å². The number of aldehydes is 1. The molecule has 0 radical (unpaired) electrons. The van der Waals surface area contributed by atoms with Crippen molar-refractivity contribution in [2.45, 2.75) is 20.0 Å². The summed E-state index contributed by atoms with van der Waals surface area (Å²) in [6.07, 6.45) is 0.236. The van der Waals surface area contributed by atoms with E-state index in [0.29, 0.717) is 16.5 Å². The van der Waals surface area contributed by atoms with Crippen LogP contribution in [0.25, 0.3) is 0 Å². The summed E-state index contributed by atoms with van der Waals surface area (Å²) >= 11 is 3.28. The second kappa shape index (κ2) is 7.89. The molecule has 0 aliphatic rings. The maximum atomic E-state index is 12.5. The van der Waals surface area contributed by atoms with Crippen molar-refractivity contribution in [3.05, 3.63) is 62.1 Å². The van der Waals surface area contributed by atoms with Gasteiger partial charge in [-0.1, -0.05) is 15.9 Å². The molecule has 0 aromatic heterocycles. The minimum atomic E-state index is -0.742. The molecule has 0 saturated carbocycles. The minimum absolute atomic E-state index is 0.0685. The van der Waals surface area contributed by atoms with Crippen molar-refractivity contribution in [3.63, 3.8) is 0 Å². The molecule has 0 unspecified atom stereocenters. The van der Waals surface area contributed by atoms with Gasteiger partial charge in [0.1, 0.15) is 17.1 Å². The molecule has 2 aromatic carbocycles. The van der Waals surface area contributed by atoms with Gasteiger partial charge >= 0.3 is 5.97 Å². The zero-order valence-corrected chi connectivity index (χ0v) is 15.0. The van der Waals surface area contributed by atoms with E-state index in [-0.39, 0.29) is 28.7 Å². The predicted octanol–water partition coefficient (Wildman–Crippen LogP) is 4.18. The molecule has 8 heteroatoms. The molecule has 0 N–H and O–H groups in total. The van der Waals surface area contributed by atoms with Gasteiger partial charge in [0.05, 0.1) is 16.6 Å². The first-order valence-electron chi connectivity index (χ1n) is 7.24. The van der Waals surface area contributed by atoms with Crippen molar-refractivity contribution in [3.8, 4) is 11.5 Å². The maximum absolute atomic E-state index is 12.5. The van der Waals surface area contributed by atoms with Crippen molar-refractivity contribution in [1.82, 2.24) is 0 Å². The monoisotopic (exact) mass is 407 g/mol. The smallest absolute Gasteiger partial charge is 0.347 e. The first-order chi connectivity index (χ1) is 11.8. The number of hydrogen-bond acceptors (Lipinski definition) is 6. The Bertz CT molecular complexity index is 834. The lowest BCUT2D eigenvalue weighted by molar-refractivity contribution is -0.384. The number of nitrogens with zero attached hydrogens (tertiary/aromatic N) is 1. The molecule has 0 aliphatic carbocycles. The molecular weight excluding hydrogens is 394 g/mol. The van der Waals surface area contributed by atoms with Gasteiger partial charge in [-0.05, 0) is 38.1 Å². The van der Waals surface area contributed by atoms with Crippen LogP contribution >= 0.6 is 15.9 Å². The lowest BCUT2D eigenvalue weighted by Crippen LogP contribution is -2.14. The molecule has 0 atom stereocenters. The number of halogens is 1. The van der Waals surface area contributed by atoms with Crippen molar-refractivity contribution in [2.75, 3.05) is 0 Å². The molecule has 0 aliphatic heterocycles. The van der Waals surface area contributed by atoms with E-state index < -0.39 is 10.9 Å². The van der Waals surface area contributed by atoms with Crippen molar-refractivity contribution in [1.29, 1.82) is 0 Å². The molecule has 25 heavy (non-hydrogen) atoms. The van der Waals surface area contributed by atoms with E-state index in [2.05, 4.69) is 15.9 Å². The fourth-order valence-electron chi connectivity index (χ4n) is 2.01. The second-order valence-corrected chi connectivity index (χ2v) is 6.21. The van der Waals surface area contributed by atoms with E-state index in [4.69, 9.17) is 9.47 Å². The number of benzene rings is 2. The van der Waals surface area contributed by atoms with Crippen LogP contribution in [-0.4, -0.2) is 23.3 Å². The lowest BCUT2D eigenvalue weighted by Gasteiger charge is -2.14. The van der Waals surface area contributed by atoms with Crippen molar-refractivity contribution in [2.24, 2.45) is 0 Å². The summed E-state index contributed by atoms with van der Waals surface area (Å²) in [5, 5.41) is 10.8. The highest BCUT2D eigenvalue weighted by Gasteiger charge is 2.19. The SMILES string of the molecule is CC(C)Oc1ccc(Br)cc1C(=O)Oc1ccc([N+](=O)[O-])cc1C=O. The molecule has 2 aromatic rings. The van der Waals surface area contributed by atoms with Crippen LogP contribution < -0.4 is 9.47 Å². The van der Waals surface area contributed by atoms with Crippen LogP contribution in [-0.2, 0) is 0 Å². The Labute approximate surface area is 151 Å². The van der Waals surface area contributed by atoms with Crippen LogP contribution in [0.15, 0.2) is 40.9 Å². The summed E-state index contributed by atoms with van der Waals surface area (Å²) in [6.45, 7) is 3.63. The normalized spacial score (nSPS) is 10.4. The van der Waals surface area contributed by atoms with Gasteiger partial charge in [0.2, 0.25) is 0 Å². The number of rotatable bonds is 6. The standard InChI is InChI=1S/C17H14BrNO6/c1-10(2)24-16-5-3-12(18)8-14(16)17(21)25-15-6-4-13(19(22)23)7-11(15)9-20/h3-10H,1-2H3. The highest BCUT2D eigenvalue weighted by atomic mass is 79.9. The van der Waals surface area contributed by atoms with Gasteiger partial charge < -0.3 is 9.47 Å². The van der Waals surface area contributed by atoms with Crippen LogP contribution in [0.2, 0.25) is 0 Å². The van der Waals surface area contributed by atoms with Gasteiger partial charge in [0.25, 0.3) is 5.69 Å². The number of hydrogen-bond donors (Lipinski definition) is 0. The van der Waals surface area contributed by atoms with Crippen LogP contribution in [0.4, 0.5) is 5.69 Å². The quantitative estimate of drug-likeness (QED) is 0.234. The first-order valence-corrected chi connectivity index (χ1v) is 8.03. The van der Waals surface area contributed by atoms with Crippen LogP contribution in [0.5, 0.6) is 11.5 Å². The number of non-ortho nitro benzene ring substituents is 1. The molecule has 0 bridgehead atoms. The van der Waals surface area contributed by atoms with E-state index in [0.717, 1.165) is 12.1 Å². The third-order valence-electron chi connectivity index (χ3n) is 3.06. The number of ether oxygens (including phenoxy) is 2. The Kier molecular flexibility index (Phi) is 5.87. The molecule has 130 valence electrons. The topological polar surface area (TPSA) is 95.7 Å². The summed E-state index contributed by atoms with van der Waals surface area (Å²) in [5.41, 5.74) is -0.199. The first kappa shape index (κ1) is 18.6. The van der Waals surface area contributed by atoms with Gasteiger partial charge in [-0.15, -0.1) is 0 Å². The third-order valence-corrected chi connectivity index (χ3v) is 3.55. The number of nitro groups is 1. The Morgan fingerprint density at radius 2 is 1.88 bits per heavy atom. The number of carbonyl (C=O) groups excluding carboxylic acids is 2. The predicted molar refractivity (Wildman–Crippen MR) is 93.3 cm³/mol. The maximum Gasteiger partial charge on any atom is 0.347 e. The summed E-state index contributed by atoms with van der Waals surface area (Å²) in [6, 6.07) is 8.28. The number of carbonyl (C=O) groups is 2. The summed E-state index contributed by atoms with van der Waals surface area (Å²) < 4.78 is 11.5. The molecule has 0 amide bonds. The van der Waals surface area contributed by atoms with Gasteiger partial charge in [0, 0.05) is 16.6 Å². The van der Waals surface area contributed by atoms with Gasteiger partial charge in [0.15, 0.2) is 6.29 Å². The minimum Gasteiger partial charge on any atom is -0.490 e. The van der Waals surface area contributed by atoms with Gasteiger partial charge in [-0.25, -0.2) is 4.79 Å². The number of nitro benzene ring substituents is 1. The zero-order valence-electron chi connectivity index (χ0n) is 13.4. The Hall–Kier alpha value is -2.74. The Morgan fingerprint density at radius 1 is 1.20 bits per heavy atom. The number of esters is 1. The van der Waals surface area contributed by atoms with Gasteiger partial charge in [-0.2, -0.15) is 0 Å².